The zero-order valence-corrected chi connectivity index (χ0v) is 18.4. The molecule has 0 saturated carbocycles. The van der Waals surface area contributed by atoms with Crippen LogP contribution in [-0.4, -0.2) is 60.8 Å². The Kier molecular flexibility index (Phi) is 7.35. The molecule has 0 aromatic rings. The molecule has 3 rings (SSSR count). The van der Waals surface area contributed by atoms with Crippen molar-refractivity contribution in [2.75, 3.05) is 19.8 Å². The fourth-order valence-electron chi connectivity index (χ4n) is 3.65. The molecule has 5 atom stereocenters. The SMILES string of the molecule is C#C[C@]1(C)[C@@H]2O[P@](=O)(OCCCCC(=O)OCC)OC[C@H]2O[C@H]1N1C=CC(=O)CC1=O. The fraction of sp³-hybridized carbons (Fsp3) is 0.650. The Morgan fingerprint density at radius 3 is 2.87 bits per heavy atom. The zero-order valence-electron chi connectivity index (χ0n) is 17.5. The molecule has 2 saturated heterocycles. The highest BCUT2D eigenvalue weighted by Crippen LogP contribution is 2.59. The molecule has 3 aliphatic rings. The van der Waals surface area contributed by atoms with Crippen LogP contribution in [0.4, 0.5) is 0 Å². The molecule has 0 aromatic carbocycles. The van der Waals surface area contributed by atoms with Crippen molar-refractivity contribution in [3.63, 3.8) is 0 Å². The summed E-state index contributed by atoms with van der Waals surface area (Å²) in [6.45, 7) is 3.68. The monoisotopic (exact) mass is 455 g/mol. The van der Waals surface area contributed by atoms with Crippen LogP contribution in [-0.2, 0) is 42.0 Å². The molecular weight excluding hydrogens is 429 g/mol. The summed E-state index contributed by atoms with van der Waals surface area (Å²) < 4.78 is 40.1. The van der Waals surface area contributed by atoms with Gasteiger partial charge in [-0.25, -0.2) is 4.57 Å². The van der Waals surface area contributed by atoms with E-state index in [4.69, 9.17) is 29.5 Å². The first-order chi connectivity index (χ1) is 14.7. The van der Waals surface area contributed by atoms with Crippen molar-refractivity contribution in [3.8, 4) is 12.3 Å². The van der Waals surface area contributed by atoms with Gasteiger partial charge in [0, 0.05) is 12.6 Å². The molecule has 0 spiro atoms. The minimum atomic E-state index is -3.91. The number of amides is 1. The lowest BCUT2D eigenvalue weighted by molar-refractivity contribution is -0.148. The Bertz CT molecular complexity index is 850. The summed E-state index contributed by atoms with van der Waals surface area (Å²) in [6, 6.07) is 0. The summed E-state index contributed by atoms with van der Waals surface area (Å²) >= 11 is 0. The zero-order chi connectivity index (χ0) is 22.6. The lowest BCUT2D eigenvalue weighted by Crippen LogP contribution is -2.49. The van der Waals surface area contributed by atoms with Crippen LogP contribution in [0.3, 0.4) is 0 Å². The van der Waals surface area contributed by atoms with Crippen LogP contribution in [0.1, 0.15) is 39.5 Å². The molecule has 0 aliphatic carbocycles. The van der Waals surface area contributed by atoms with E-state index in [1.165, 1.54) is 17.2 Å². The minimum absolute atomic E-state index is 0.0561. The number of carbonyl (C=O) groups excluding carboxylic acids is 3. The van der Waals surface area contributed by atoms with Gasteiger partial charge in [-0.1, -0.05) is 5.92 Å². The van der Waals surface area contributed by atoms with E-state index in [9.17, 15) is 18.9 Å². The van der Waals surface area contributed by atoms with Crippen LogP contribution < -0.4 is 0 Å². The summed E-state index contributed by atoms with van der Waals surface area (Å²) in [7, 11) is -3.91. The van der Waals surface area contributed by atoms with Gasteiger partial charge in [-0.3, -0.25) is 32.9 Å². The van der Waals surface area contributed by atoms with E-state index in [0.29, 0.717) is 19.4 Å². The van der Waals surface area contributed by atoms with Crippen LogP contribution in [0.2, 0.25) is 0 Å². The van der Waals surface area contributed by atoms with Gasteiger partial charge in [0.15, 0.2) is 12.0 Å². The number of carbonyl (C=O) groups is 3. The molecule has 0 unspecified atom stereocenters. The standard InChI is InChI=1S/C20H26NO9P/c1-4-20(3)18-15(29-19(20)21-10-9-14(22)12-16(21)23)13-28-31(25,30-18)27-11-7-6-8-17(24)26-5-2/h1,9-10,15,18-19H,5-8,11-13H2,2-3H3/t15-,18-,19-,20-,31-/m1/s1. The number of phosphoric ester groups is 1. The number of ether oxygens (including phenoxy) is 2. The van der Waals surface area contributed by atoms with E-state index >= 15 is 0 Å². The second kappa shape index (κ2) is 9.63. The lowest BCUT2D eigenvalue weighted by atomic mass is 9.82. The topological polar surface area (TPSA) is 118 Å². The number of hydrogen-bond donors (Lipinski definition) is 0. The van der Waals surface area contributed by atoms with Gasteiger partial charge in [-0.15, -0.1) is 6.42 Å². The van der Waals surface area contributed by atoms with Crippen LogP contribution in [0.25, 0.3) is 0 Å². The smallest absolute Gasteiger partial charge is 0.466 e. The predicted octanol–water partition coefficient (Wildman–Crippen LogP) is 1.94. The summed E-state index contributed by atoms with van der Waals surface area (Å²) in [5, 5.41) is 0. The number of terminal acetylenes is 1. The summed E-state index contributed by atoms with van der Waals surface area (Å²) in [6.07, 6.45) is 6.88. The fourth-order valence-corrected chi connectivity index (χ4v) is 5.17. The van der Waals surface area contributed by atoms with Crippen molar-refractivity contribution in [1.29, 1.82) is 0 Å². The number of esters is 1. The van der Waals surface area contributed by atoms with E-state index in [0.717, 1.165) is 0 Å². The van der Waals surface area contributed by atoms with Crippen LogP contribution in [0, 0.1) is 17.8 Å². The molecule has 170 valence electrons. The summed E-state index contributed by atoms with van der Waals surface area (Å²) in [5.74, 6) is 1.56. The van der Waals surface area contributed by atoms with Gasteiger partial charge in [0.25, 0.3) is 0 Å². The number of ketones is 1. The molecule has 11 heteroatoms. The average Bonchev–Trinajstić information content (AvgIpc) is 3.00. The molecule has 0 bridgehead atoms. The number of unbranched alkanes of at least 4 members (excludes halogenated alkanes) is 1. The summed E-state index contributed by atoms with van der Waals surface area (Å²) in [5.41, 5.74) is -1.15. The Morgan fingerprint density at radius 1 is 1.42 bits per heavy atom. The Hall–Kier alpha value is -2.02. The van der Waals surface area contributed by atoms with E-state index in [-0.39, 0.29) is 37.8 Å². The first kappa shape index (κ1) is 23.6. The molecule has 0 N–H and O–H groups in total. The third kappa shape index (κ3) is 5.08. The lowest BCUT2D eigenvalue weighted by Gasteiger charge is -2.37. The van der Waals surface area contributed by atoms with Gasteiger partial charge in [-0.05, 0) is 32.8 Å². The number of phosphoric acid groups is 1. The normalized spacial score (nSPS) is 35.0. The van der Waals surface area contributed by atoms with Crippen molar-refractivity contribution in [2.45, 2.75) is 58.0 Å². The van der Waals surface area contributed by atoms with Crippen molar-refractivity contribution < 1.29 is 42.0 Å². The Labute approximate surface area is 180 Å². The van der Waals surface area contributed by atoms with Crippen molar-refractivity contribution >= 4 is 25.5 Å². The highest BCUT2D eigenvalue weighted by atomic mass is 31.2. The highest BCUT2D eigenvalue weighted by molar-refractivity contribution is 7.48. The van der Waals surface area contributed by atoms with Crippen molar-refractivity contribution in [3.05, 3.63) is 12.3 Å². The third-order valence-corrected chi connectivity index (χ3v) is 6.76. The number of nitrogens with zero attached hydrogens (tertiary/aromatic N) is 1. The van der Waals surface area contributed by atoms with Gasteiger partial charge in [0.05, 0.1) is 26.2 Å². The second-order valence-electron chi connectivity index (χ2n) is 7.58. The molecule has 2 fully saturated rings. The minimum Gasteiger partial charge on any atom is -0.466 e. The maximum atomic E-state index is 12.9. The van der Waals surface area contributed by atoms with E-state index in [1.807, 2.05) is 0 Å². The van der Waals surface area contributed by atoms with Crippen LogP contribution in [0.15, 0.2) is 12.3 Å². The predicted molar refractivity (Wildman–Crippen MR) is 106 cm³/mol. The van der Waals surface area contributed by atoms with Crippen molar-refractivity contribution in [2.24, 2.45) is 5.41 Å². The second-order valence-corrected chi connectivity index (χ2v) is 9.20. The molecule has 3 aliphatic heterocycles. The van der Waals surface area contributed by atoms with Gasteiger partial charge >= 0.3 is 13.8 Å². The summed E-state index contributed by atoms with van der Waals surface area (Å²) in [4.78, 5) is 36.4. The Balaban J connectivity index is 1.62. The highest BCUT2D eigenvalue weighted by Gasteiger charge is 2.61. The molecule has 10 nitrogen and oxygen atoms in total. The maximum absolute atomic E-state index is 12.9. The van der Waals surface area contributed by atoms with E-state index < -0.39 is 37.6 Å². The van der Waals surface area contributed by atoms with Crippen LogP contribution >= 0.6 is 7.82 Å². The third-order valence-electron chi connectivity index (χ3n) is 5.31. The molecule has 31 heavy (non-hydrogen) atoms. The molecule has 3 heterocycles. The molecule has 1 amide bonds. The number of rotatable bonds is 8. The van der Waals surface area contributed by atoms with Gasteiger partial charge in [0.2, 0.25) is 5.91 Å². The number of hydrogen-bond acceptors (Lipinski definition) is 9. The van der Waals surface area contributed by atoms with E-state index in [2.05, 4.69) is 5.92 Å². The first-order valence-corrected chi connectivity index (χ1v) is 11.6. The molecule has 0 aromatic heterocycles. The quantitative estimate of drug-likeness (QED) is 0.178. The largest absolute Gasteiger partial charge is 0.475 e. The molecule has 0 radical (unpaired) electrons. The first-order valence-electron chi connectivity index (χ1n) is 10.1. The van der Waals surface area contributed by atoms with Crippen LogP contribution in [0.5, 0.6) is 0 Å². The number of fused-ring (bicyclic) bond motifs is 1. The molecular formula is C20H26NO9P. The average molecular weight is 455 g/mol. The van der Waals surface area contributed by atoms with Gasteiger partial charge in [-0.2, -0.15) is 0 Å². The van der Waals surface area contributed by atoms with Gasteiger partial charge in [0.1, 0.15) is 17.6 Å². The Morgan fingerprint density at radius 2 is 2.19 bits per heavy atom. The number of allylic oxidation sites excluding steroid dienone is 1. The van der Waals surface area contributed by atoms with Crippen molar-refractivity contribution in [1.82, 2.24) is 4.90 Å². The van der Waals surface area contributed by atoms with Gasteiger partial charge < -0.3 is 9.47 Å². The van der Waals surface area contributed by atoms with E-state index in [1.54, 1.807) is 13.8 Å². The maximum Gasteiger partial charge on any atom is 0.475 e.